The van der Waals surface area contributed by atoms with E-state index in [1.54, 1.807) is 0 Å². The molecule has 2 aromatic rings. The maximum absolute atomic E-state index is 2.32. The van der Waals surface area contributed by atoms with Crippen molar-refractivity contribution in [2.45, 2.75) is 20.3 Å². The van der Waals surface area contributed by atoms with Gasteiger partial charge in [0.15, 0.2) is 0 Å². The summed E-state index contributed by atoms with van der Waals surface area (Å²) in [5.74, 6) is 0. The Bertz CT molecular complexity index is 582. The van der Waals surface area contributed by atoms with Gasteiger partial charge in [0, 0.05) is 0 Å². The molecule has 0 unspecified atom stereocenters. The zero-order valence-corrected chi connectivity index (χ0v) is 11.2. The molecule has 1 aliphatic rings. The number of fused-ring (bicyclic) bond motifs is 3. The molecule has 0 nitrogen and oxygen atoms in total. The van der Waals surface area contributed by atoms with Gasteiger partial charge in [0.05, 0.1) is 0 Å². The van der Waals surface area contributed by atoms with Crippen molar-refractivity contribution in [3.05, 3.63) is 52.6 Å². The molecule has 0 saturated carbocycles. The molecule has 77 valence electrons. The molecule has 0 aromatic heterocycles. The predicted octanol–water partition coefficient (Wildman–Crippen LogP) is 3.05. The van der Waals surface area contributed by atoms with Crippen molar-refractivity contribution in [1.29, 1.82) is 0 Å². The van der Waals surface area contributed by atoms with Crippen LogP contribution in [-0.4, -0.2) is 0 Å². The van der Waals surface area contributed by atoms with Crippen LogP contribution in [0.4, 0.5) is 0 Å². The number of rotatable bonds is 0. The Morgan fingerprint density at radius 2 is 1.75 bits per heavy atom. The van der Waals surface area contributed by atoms with Crippen molar-refractivity contribution >= 4 is 3.87 Å². The summed E-state index contributed by atoms with van der Waals surface area (Å²) < 4.78 is 1.46. The monoisotopic (exact) mass is 241 g/mol. The molecule has 3 rings (SSSR count). The van der Waals surface area contributed by atoms with E-state index in [9.17, 15) is 0 Å². The van der Waals surface area contributed by atoms with Crippen LogP contribution in [0.1, 0.15) is 22.3 Å². The molecule has 2 aromatic carbocycles. The van der Waals surface area contributed by atoms with Crippen LogP contribution in [0.15, 0.2) is 30.3 Å². The summed E-state index contributed by atoms with van der Waals surface area (Å²) in [5.41, 5.74) is 8.66. The van der Waals surface area contributed by atoms with Crippen LogP contribution in [-0.2, 0) is 26.9 Å². The summed E-state index contributed by atoms with van der Waals surface area (Å²) in [7, 11) is 0. The molecule has 0 heterocycles. The van der Waals surface area contributed by atoms with Gasteiger partial charge in [-0.25, -0.2) is 0 Å². The first-order valence-corrected chi connectivity index (χ1v) is 6.39. The fourth-order valence-corrected chi connectivity index (χ4v) is 3.00. The SMILES string of the molecule is Cc1ccc2c(c1)Cc1c-2ccc(C)[c]1[Ti]. The molecule has 1 aliphatic carbocycles. The van der Waals surface area contributed by atoms with Gasteiger partial charge in [-0.3, -0.25) is 0 Å². The van der Waals surface area contributed by atoms with Crippen molar-refractivity contribution in [2.75, 3.05) is 0 Å². The van der Waals surface area contributed by atoms with E-state index in [1.807, 2.05) is 0 Å². The second kappa shape index (κ2) is 3.58. The molecule has 0 fully saturated rings. The van der Waals surface area contributed by atoms with Gasteiger partial charge in [-0.05, 0) is 0 Å². The Morgan fingerprint density at radius 3 is 2.56 bits per heavy atom. The van der Waals surface area contributed by atoms with Crippen LogP contribution in [0, 0.1) is 13.8 Å². The summed E-state index contributed by atoms with van der Waals surface area (Å²) >= 11 is 2.24. The molecular formula is C15H13Ti. The van der Waals surface area contributed by atoms with E-state index >= 15 is 0 Å². The summed E-state index contributed by atoms with van der Waals surface area (Å²) in [6.45, 7) is 4.37. The molecule has 0 spiro atoms. The molecule has 16 heavy (non-hydrogen) atoms. The first-order valence-electron chi connectivity index (χ1n) is 5.61. The van der Waals surface area contributed by atoms with Crippen LogP contribution in [0.3, 0.4) is 0 Å². The van der Waals surface area contributed by atoms with Crippen molar-refractivity contribution in [3.8, 4) is 11.1 Å². The Labute approximate surface area is 108 Å². The van der Waals surface area contributed by atoms with Gasteiger partial charge < -0.3 is 0 Å². The van der Waals surface area contributed by atoms with E-state index in [-0.39, 0.29) is 0 Å². The summed E-state index contributed by atoms with van der Waals surface area (Å²) in [6.07, 6.45) is 1.11. The van der Waals surface area contributed by atoms with Gasteiger partial charge in [0.2, 0.25) is 0 Å². The van der Waals surface area contributed by atoms with E-state index in [4.69, 9.17) is 0 Å². The number of aryl methyl sites for hydroxylation is 2. The van der Waals surface area contributed by atoms with Gasteiger partial charge in [-0.15, -0.1) is 0 Å². The molecule has 0 aliphatic heterocycles. The molecule has 0 amide bonds. The third-order valence-electron chi connectivity index (χ3n) is 3.44. The fraction of sp³-hybridized carbons (Fsp3) is 0.200. The van der Waals surface area contributed by atoms with Gasteiger partial charge in [-0.1, -0.05) is 0 Å². The second-order valence-corrected chi connectivity index (χ2v) is 5.40. The maximum atomic E-state index is 2.32. The summed E-state index contributed by atoms with van der Waals surface area (Å²) in [6, 6.07) is 11.3. The van der Waals surface area contributed by atoms with Gasteiger partial charge in [0.1, 0.15) is 0 Å². The standard InChI is InChI=1S/C15H13.Ti/c1-10-3-5-14-12(7-10)9-13-8-11(2)4-6-15(13)14;/h3-7H,9H2,1-2H3;. The minimum atomic E-state index is 1.11. The van der Waals surface area contributed by atoms with Crippen LogP contribution >= 0.6 is 0 Å². The summed E-state index contributed by atoms with van der Waals surface area (Å²) in [4.78, 5) is 0. The van der Waals surface area contributed by atoms with Crippen molar-refractivity contribution in [1.82, 2.24) is 0 Å². The van der Waals surface area contributed by atoms with Gasteiger partial charge in [0.25, 0.3) is 0 Å². The quantitative estimate of drug-likeness (QED) is 0.530. The van der Waals surface area contributed by atoms with Crippen LogP contribution < -0.4 is 3.87 Å². The van der Waals surface area contributed by atoms with Gasteiger partial charge >= 0.3 is 108 Å². The Morgan fingerprint density at radius 1 is 1.00 bits per heavy atom. The number of hydrogen-bond donors (Lipinski definition) is 0. The molecule has 0 saturated heterocycles. The van der Waals surface area contributed by atoms with Crippen molar-refractivity contribution in [3.63, 3.8) is 0 Å². The summed E-state index contributed by atoms with van der Waals surface area (Å²) in [5, 5.41) is 0. The van der Waals surface area contributed by atoms with E-state index in [1.165, 1.54) is 37.2 Å². The van der Waals surface area contributed by atoms with E-state index in [0.717, 1.165) is 6.42 Å². The molecule has 0 N–H and O–H groups in total. The third kappa shape index (κ3) is 1.41. The third-order valence-corrected chi connectivity index (χ3v) is 4.53. The fourth-order valence-electron chi connectivity index (χ4n) is 2.52. The van der Waals surface area contributed by atoms with Crippen molar-refractivity contribution < 1.29 is 20.4 Å². The topological polar surface area (TPSA) is 0 Å². The van der Waals surface area contributed by atoms with Crippen LogP contribution in [0.2, 0.25) is 0 Å². The number of benzene rings is 2. The Hall–Kier alpha value is -0.846. The zero-order valence-electron chi connectivity index (χ0n) is 9.59. The Kier molecular flexibility index (Phi) is 2.31. The van der Waals surface area contributed by atoms with Crippen molar-refractivity contribution in [2.24, 2.45) is 0 Å². The van der Waals surface area contributed by atoms with Gasteiger partial charge in [-0.2, -0.15) is 0 Å². The average molecular weight is 241 g/mol. The molecule has 0 radical (unpaired) electrons. The predicted molar refractivity (Wildman–Crippen MR) is 63.8 cm³/mol. The zero-order chi connectivity index (χ0) is 11.3. The van der Waals surface area contributed by atoms with E-state index in [0.29, 0.717) is 0 Å². The molecule has 1 heteroatoms. The molecular weight excluding hydrogens is 228 g/mol. The van der Waals surface area contributed by atoms with E-state index < -0.39 is 0 Å². The first kappa shape index (κ1) is 10.3. The van der Waals surface area contributed by atoms with Crippen LogP contribution in [0.25, 0.3) is 11.1 Å². The normalized spacial score (nSPS) is 12.3. The number of hydrogen-bond acceptors (Lipinski definition) is 0. The molecule has 0 atom stereocenters. The minimum absolute atomic E-state index is 1.11. The molecule has 0 bridgehead atoms. The van der Waals surface area contributed by atoms with E-state index in [2.05, 4.69) is 64.6 Å². The average Bonchev–Trinajstić information content (AvgIpc) is 2.62. The first-order chi connectivity index (χ1) is 7.66. The second-order valence-electron chi connectivity index (χ2n) is 4.62. The van der Waals surface area contributed by atoms with Crippen LogP contribution in [0.5, 0.6) is 0 Å². The Balaban J connectivity index is 2.27.